The van der Waals surface area contributed by atoms with E-state index in [9.17, 15) is 4.79 Å². The zero-order chi connectivity index (χ0) is 21.0. The average molecular weight is 444 g/mol. The van der Waals surface area contributed by atoms with Gasteiger partial charge >= 0.3 is 0 Å². The number of carbonyl (C=O) groups excluding carboxylic acids is 1. The number of hydrogen-bond acceptors (Lipinski definition) is 6. The first-order chi connectivity index (χ1) is 14.5. The van der Waals surface area contributed by atoms with Crippen molar-refractivity contribution in [2.24, 2.45) is 5.84 Å². The molecule has 4 N–H and O–H groups in total. The van der Waals surface area contributed by atoms with Gasteiger partial charge in [-0.3, -0.25) is 15.2 Å². The molecule has 0 bridgehead atoms. The fourth-order valence-electron chi connectivity index (χ4n) is 4.61. The Labute approximate surface area is 184 Å². The zero-order valence-corrected chi connectivity index (χ0v) is 18.0. The molecule has 4 aliphatic heterocycles. The highest BCUT2D eigenvalue weighted by Crippen LogP contribution is 2.52. The maximum atomic E-state index is 14.1. The van der Waals surface area contributed by atoms with Gasteiger partial charge < -0.3 is 15.0 Å². The minimum Gasteiger partial charge on any atom is -0.358 e. The Hall–Kier alpha value is -2.26. The molecule has 3 atom stereocenters. The lowest BCUT2D eigenvalue weighted by Crippen LogP contribution is -2.57. The van der Waals surface area contributed by atoms with Crippen LogP contribution >= 0.6 is 23.4 Å². The van der Waals surface area contributed by atoms with E-state index in [-0.39, 0.29) is 29.1 Å². The van der Waals surface area contributed by atoms with Crippen LogP contribution in [0.1, 0.15) is 18.4 Å². The van der Waals surface area contributed by atoms with E-state index in [0.717, 1.165) is 22.6 Å². The second kappa shape index (κ2) is 7.16. The van der Waals surface area contributed by atoms with E-state index in [4.69, 9.17) is 27.6 Å². The van der Waals surface area contributed by atoms with E-state index in [2.05, 4.69) is 11.4 Å². The summed E-state index contributed by atoms with van der Waals surface area (Å²) < 4.78 is 5.49. The molecule has 0 saturated carbocycles. The molecular formula is C21H22ClN5O2S. The fraction of sp³-hybridized carbons (Fsp3) is 0.333. The SMILES string of the molecule is COC1C=CC2=C(N1)C1(CC(=N)N2N)C(=O)N(CC2=CCC(Cl)S2)c2ccccc21. The molecule has 156 valence electrons. The van der Waals surface area contributed by atoms with E-state index in [0.29, 0.717) is 17.9 Å². The van der Waals surface area contributed by atoms with Crippen molar-refractivity contribution < 1.29 is 9.53 Å². The summed E-state index contributed by atoms with van der Waals surface area (Å²) in [6.45, 7) is 0.470. The average Bonchev–Trinajstić information content (AvgIpc) is 3.27. The molecule has 4 heterocycles. The van der Waals surface area contributed by atoms with E-state index in [1.54, 1.807) is 18.9 Å². The predicted molar refractivity (Wildman–Crippen MR) is 119 cm³/mol. The van der Waals surface area contributed by atoms with Crippen molar-refractivity contribution in [3.8, 4) is 0 Å². The molecule has 1 amide bonds. The smallest absolute Gasteiger partial charge is 0.244 e. The quantitative estimate of drug-likeness (QED) is 0.491. The van der Waals surface area contributed by atoms with Crippen LogP contribution in [0.5, 0.6) is 0 Å². The molecule has 1 aromatic rings. The third-order valence-corrected chi connectivity index (χ3v) is 7.52. The number of anilines is 1. The molecule has 1 aromatic carbocycles. The van der Waals surface area contributed by atoms with Crippen molar-refractivity contribution in [1.29, 1.82) is 5.41 Å². The van der Waals surface area contributed by atoms with Gasteiger partial charge in [0.05, 0.1) is 22.6 Å². The highest BCUT2D eigenvalue weighted by molar-refractivity contribution is 8.05. The van der Waals surface area contributed by atoms with Crippen LogP contribution < -0.4 is 16.1 Å². The molecule has 1 spiro atoms. The predicted octanol–water partition coefficient (Wildman–Crippen LogP) is 2.76. The van der Waals surface area contributed by atoms with Crippen LogP contribution in [0, 0.1) is 5.41 Å². The number of nitrogens with zero attached hydrogens (tertiary/aromatic N) is 2. The van der Waals surface area contributed by atoms with Gasteiger partial charge in [-0.15, -0.1) is 23.4 Å². The number of carbonyl (C=O) groups is 1. The first-order valence-electron chi connectivity index (χ1n) is 9.71. The number of nitrogens with one attached hydrogen (secondary N) is 2. The first-order valence-corrected chi connectivity index (χ1v) is 11.0. The molecule has 5 rings (SSSR count). The van der Waals surface area contributed by atoms with Crippen molar-refractivity contribution in [3.05, 3.63) is 64.4 Å². The molecule has 0 aliphatic carbocycles. The fourth-order valence-corrected chi connectivity index (χ4v) is 5.96. The van der Waals surface area contributed by atoms with Gasteiger partial charge in [0.2, 0.25) is 5.91 Å². The number of fused-ring (bicyclic) bond motifs is 3. The number of amides is 1. The number of para-hydroxylation sites is 1. The number of hydrogen-bond donors (Lipinski definition) is 3. The number of allylic oxidation sites excluding steroid dienone is 2. The van der Waals surface area contributed by atoms with E-state index >= 15 is 0 Å². The van der Waals surface area contributed by atoms with Crippen molar-refractivity contribution >= 4 is 40.8 Å². The largest absolute Gasteiger partial charge is 0.358 e. The number of rotatable bonds is 3. The second-order valence-electron chi connectivity index (χ2n) is 7.66. The Morgan fingerprint density at radius 2 is 2.23 bits per heavy atom. The zero-order valence-electron chi connectivity index (χ0n) is 16.4. The van der Waals surface area contributed by atoms with Crippen LogP contribution in [0.3, 0.4) is 0 Å². The number of alkyl halides is 1. The summed E-state index contributed by atoms with van der Waals surface area (Å²) in [6, 6.07) is 7.80. The number of hydrazine groups is 1. The van der Waals surface area contributed by atoms with Crippen LogP contribution in [0.25, 0.3) is 0 Å². The number of nitrogens with two attached hydrogens (primary N) is 1. The summed E-state index contributed by atoms with van der Waals surface area (Å²) >= 11 is 7.85. The topological polar surface area (TPSA) is 94.7 Å². The molecule has 0 aromatic heterocycles. The third kappa shape index (κ3) is 2.75. The highest BCUT2D eigenvalue weighted by Gasteiger charge is 2.58. The molecule has 30 heavy (non-hydrogen) atoms. The lowest BCUT2D eigenvalue weighted by Gasteiger charge is -2.43. The van der Waals surface area contributed by atoms with E-state index in [1.807, 2.05) is 41.3 Å². The van der Waals surface area contributed by atoms with Crippen LogP contribution in [-0.4, -0.2) is 41.3 Å². The molecule has 0 fully saturated rings. The van der Waals surface area contributed by atoms with Crippen molar-refractivity contribution in [2.75, 3.05) is 18.6 Å². The van der Waals surface area contributed by atoms with Crippen LogP contribution in [0.2, 0.25) is 0 Å². The molecule has 9 heteroatoms. The van der Waals surface area contributed by atoms with Gasteiger partial charge in [0.25, 0.3) is 0 Å². The Morgan fingerprint density at radius 1 is 1.43 bits per heavy atom. The van der Waals surface area contributed by atoms with Crippen molar-refractivity contribution in [1.82, 2.24) is 10.3 Å². The van der Waals surface area contributed by atoms with Gasteiger partial charge in [0.1, 0.15) is 17.5 Å². The van der Waals surface area contributed by atoms with Crippen LogP contribution in [0.4, 0.5) is 5.69 Å². The molecule has 7 nitrogen and oxygen atoms in total. The lowest BCUT2D eigenvalue weighted by molar-refractivity contribution is -0.122. The summed E-state index contributed by atoms with van der Waals surface area (Å²) in [5.74, 6) is 6.31. The number of halogens is 1. The molecule has 0 saturated heterocycles. The standard InChI is InChI=1S/C21H22ClN5O2S/c1-29-18-9-7-15-19(25-18)21(10-17(23)27(15)24)13-4-2-3-5-14(13)26(20(21)28)11-12-6-8-16(22)30-12/h2-7,9,16,18,23,25H,8,10-11,24H2,1H3. The minimum atomic E-state index is -1.04. The maximum Gasteiger partial charge on any atom is 0.244 e. The van der Waals surface area contributed by atoms with Gasteiger partial charge in [-0.1, -0.05) is 24.3 Å². The monoisotopic (exact) mass is 443 g/mol. The lowest BCUT2D eigenvalue weighted by atomic mass is 9.72. The summed E-state index contributed by atoms with van der Waals surface area (Å²) in [7, 11) is 1.61. The van der Waals surface area contributed by atoms with Gasteiger partial charge in [-0.05, 0) is 30.2 Å². The molecule has 3 unspecified atom stereocenters. The Kier molecular flexibility index (Phi) is 4.70. The van der Waals surface area contributed by atoms with Crippen LogP contribution in [-0.2, 0) is 14.9 Å². The second-order valence-corrected chi connectivity index (χ2v) is 9.78. The minimum absolute atomic E-state index is 0.0116. The van der Waals surface area contributed by atoms with E-state index < -0.39 is 5.41 Å². The van der Waals surface area contributed by atoms with Gasteiger partial charge in [0, 0.05) is 24.1 Å². The first kappa shape index (κ1) is 19.7. The summed E-state index contributed by atoms with van der Waals surface area (Å²) in [6.07, 6.45) is 6.34. The summed E-state index contributed by atoms with van der Waals surface area (Å²) in [4.78, 5) is 17.0. The Balaban J connectivity index is 1.65. The Morgan fingerprint density at radius 3 is 2.97 bits per heavy atom. The third-order valence-electron chi connectivity index (χ3n) is 6.02. The number of benzene rings is 1. The van der Waals surface area contributed by atoms with Crippen molar-refractivity contribution in [3.63, 3.8) is 0 Å². The van der Waals surface area contributed by atoms with Crippen LogP contribution in [0.15, 0.2) is 58.8 Å². The van der Waals surface area contributed by atoms with Crippen molar-refractivity contribution in [2.45, 2.75) is 29.2 Å². The molecular weight excluding hydrogens is 422 g/mol. The number of ether oxygens (including phenoxy) is 1. The Bertz CT molecular complexity index is 1040. The normalized spacial score (nSPS) is 30.0. The highest BCUT2D eigenvalue weighted by atomic mass is 35.5. The van der Waals surface area contributed by atoms with Gasteiger partial charge in [-0.25, -0.2) is 5.84 Å². The molecule has 0 radical (unpaired) electrons. The number of thioether (sulfide) groups is 1. The maximum absolute atomic E-state index is 14.1. The van der Waals surface area contributed by atoms with E-state index in [1.165, 1.54) is 5.01 Å². The number of methoxy groups -OCH3 is 1. The van der Waals surface area contributed by atoms with Gasteiger partial charge in [-0.2, -0.15) is 0 Å². The van der Waals surface area contributed by atoms with Gasteiger partial charge in [0.15, 0.2) is 0 Å². The number of dihydropyridines is 1. The molecule has 4 aliphatic rings. The summed E-state index contributed by atoms with van der Waals surface area (Å²) in [5, 5.41) is 13.2. The summed E-state index contributed by atoms with van der Waals surface area (Å²) in [5.41, 5.74) is 1.99. The number of amidine groups is 1.